The van der Waals surface area contributed by atoms with Crippen LogP contribution >= 0.6 is 0 Å². The van der Waals surface area contributed by atoms with E-state index in [9.17, 15) is 9.18 Å². The molecule has 5 nitrogen and oxygen atoms in total. The van der Waals surface area contributed by atoms with Crippen LogP contribution in [0, 0.1) is 19.7 Å². The lowest BCUT2D eigenvalue weighted by molar-refractivity contribution is 0.0472. The molecule has 0 aliphatic heterocycles. The Balaban J connectivity index is 1.55. The third kappa shape index (κ3) is 3.74. The first-order valence-electron chi connectivity index (χ1n) is 9.31. The van der Waals surface area contributed by atoms with Crippen molar-refractivity contribution in [2.45, 2.75) is 27.0 Å². The van der Waals surface area contributed by atoms with E-state index in [0.29, 0.717) is 34.3 Å². The maximum absolute atomic E-state index is 14.0. The van der Waals surface area contributed by atoms with Crippen molar-refractivity contribution < 1.29 is 13.9 Å². The van der Waals surface area contributed by atoms with Gasteiger partial charge in [-0.15, -0.1) is 0 Å². The molecule has 4 rings (SSSR count). The number of aryl methyl sites for hydroxylation is 1. The topological polar surface area (TPSA) is 57.0 Å². The Hall–Kier alpha value is -3.54. The van der Waals surface area contributed by atoms with Gasteiger partial charge in [0.1, 0.15) is 18.0 Å². The summed E-state index contributed by atoms with van der Waals surface area (Å²) in [7, 11) is 0. The lowest BCUT2D eigenvalue weighted by Crippen LogP contribution is -2.09. The smallest absolute Gasteiger partial charge is 0.342 e. The zero-order valence-corrected chi connectivity index (χ0v) is 16.2. The van der Waals surface area contributed by atoms with Crippen LogP contribution in [0.4, 0.5) is 4.39 Å². The Kier molecular flexibility index (Phi) is 5.08. The molecule has 0 atom stereocenters. The third-order valence-corrected chi connectivity index (χ3v) is 4.92. The second-order valence-electron chi connectivity index (χ2n) is 6.87. The maximum Gasteiger partial charge on any atom is 0.342 e. The minimum Gasteiger partial charge on any atom is -0.457 e. The lowest BCUT2D eigenvalue weighted by Gasteiger charge is -2.09. The van der Waals surface area contributed by atoms with Crippen LogP contribution in [0.15, 0.2) is 60.8 Å². The molecule has 0 aliphatic carbocycles. The molecule has 0 amide bonds. The number of aromatic nitrogens is 3. The molecule has 146 valence electrons. The quantitative estimate of drug-likeness (QED) is 0.469. The largest absolute Gasteiger partial charge is 0.457 e. The summed E-state index contributed by atoms with van der Waals surface area (Å²) in [6, 6.07) is 16.2. The van der Waals surface area contributed by atoms with Gasteiger partial charge in [-0.25, -0.2) is 9.18 Å². The van der Waals surface area contributed by atoms with Crippen LogP contribution in [0.5, 0.6) is 0 Å². The van der Waals surface area contributed by atoms with Crippen molar-refractivity contribution in [1.29, 1.82) is 0 Å². The van der Waals surface area contributed by atoms with Crippen molar-refractivity contribution >= 4 is 16.9 Å². The Bertz CT molecular complexity index is 1190. The van der Waals surface area contributed by atoms with Crippen molar-refractivity contribution in [2.75, 3.05) is 0 Å². The highest BCUT2D eigenvalue weighted by atomic mass is 19.1. The summed E-state index contributed by atoms with van der Waals surface area (Å²) in [6.07, 6.45) is 1.59. The van der Waals surface area contributed by atoms with E-state index in [2.05, 4.69) is 10.1 Å². The Morgan fingerprint density at radius 1 is 1.07 bits per heavy atom. The molecule has 0 saturated heterocycles. The van der Waals surface area contributed by atoms with Crippen molar-refractivity contribution in [3.8, 4) is 0 Å². The molecular weight excluding hydrogens is 369 g/mol. The van der Waals surface area contributed by atoms with Gasteiger partial charge in [-0.3, -0.25) is 9.67 Å². The summed E-state index contributed by atoms with van der Waals surface area (Å²) in [6.45, 7) is 4.23. The zero-order valence-electron chi connectivity index (χ0n) is 16.2. The van der Waals surface area contributed by atoms with E-state index in [-0.39, 0.29) is 12.4 Å². The molecule has 0 fully saturated rings. The summed E-state index contributed by atoms with van der Waals surface area (Å²) < 4.78 is 21.3. The number of hydrogen-bond acceptors (Lipinski definition) is 4. The first kappa shape index (κ1) is 18.8. The molecule has 2 aromatic heterocycles. The first-order chi connectivity index (χ1) is 14.0. The molecule has 0 unspecified atom stereocenters. The number of carbonyl (C=O) groups is 1. The fourth-order valence-electron chi connectivity index (χ4n) is 3.43. The van der Waals surface area contributed by atoms with Gasteiger partial charge in [0, 0.05) is 17.1 Å². The highest BCUT2D eigenvalue weighted by Crippen LogP contribution is 2.22. The summed E-state index contributed by atoms with van der Waals surface area (Å²) in [5.74, 6) is -0.801. The van der Waals surface area contributed by atoms with Crippen molar-refractivity contribution in [3.63, 3.8) is 0 Å². The molecule has 29 heavy (non-hydrogen) atoms. The van der Waals surface area contributed by atoms with Crippen LogP contribution in [0.25, 0.3) is 10.9 Å². The van der Waals surface area contributed by atoms with E-state index >= 15 is 0 Å². The average molecular weight is 389 g/mol. The molecule has 2 aromatic carbocycles. The SMILES string of the molecule is Cc1nn(Cc2ccccc2)c(C)c1C(=O)OCc1ccc(F)c2cccnc12. The van der Waals surface area contributed by atoms with E-state index in [4.69, 9.17) is 4.74 Å². The molecule has 0 spiro atoms. The Morgan fingerprint density at radius 2 is 1.86 bits per heavy atom. The monoisotopic (exact) mass is 389 g/mol. The number of pyridine rings is 1. The van der Waals surface area contributed by atoms with Crippen molar-refractivity contribution in [1.82, 2.24) is 14.8 Å². The van der Waals surface area contributed by atoms with E-state index in [1.54, 1.807) is 36.0 Å². The fraction of sp³-hybridized carbons (Fsp3) is 0.174. The number of benzene rings is 2. The maximum atomic E-state index is 14.0. The molecular formula is C23H20FN3O2. The number of halogens is 1. The van der Waals surface area contributed by atoms with Crippen molar-refractivity contribution in [3.05, 3.63) is 94.7 Å². The van der Waals surface area contributed by atoms with Gasteiger partial charge in [0.05, 0.1) is 23.4 Å². The van der Waals surface area contributed by atoms with Gasteiger partial charge in [0.25, 0.3) is 0 Å². The second-order valence-corrected chi connectivity index (χ2v) is 6.87. The van der Waals surface area contributed by atoms with E-state index in [1.165, 1.54) is 6.07 Å². The van der Waals surface area contributed by atoms with Crippen LogP contribution < -0.4 is 0 Å². The zero-order chi connectivity index (χ0) is 20.4. The Morgan fingerprint density at radius 3 is 2.66 bits per heavy atom. The second kappa shape index (κ2) is 7.83. The van der Waals surface area contributed by atoms with Gasteiger partial charge in [-0.05, 0) is 37.6 Å². The van der Waals surface area contributed by atoms with E-state index in [1.807, 2.05) is 37.3 Å². The summed E-state index contributed by atoms with van der Waals surface area (Å²) in [5, 5.41) is 4.90. The van der Waals surface area contributed by atoms with Gasteiger partial charge in [0.2, 0.25) is 0 Å². The minimum absolute atomic E-state index is 0.00930. The number of hydrogen-bond donors (Lipinski definition) is 0. The predicted octanol–water partition coefficient (Wildman–Crippen LogP) is 4.59. The standard InChI is InChI=1S/C23H20FN3O2/c1-15-21(16(2)27(26-15)13-17-7-4-3-5-8-17)23(28)29-14-18-10-11-20(24)19-9-6-12-25-22(18)19/h3-12H,13-14H2,1-2H3. The molecule has 0 saturated carbocycles. The normalized spacial score (nSPS) is 11.0. The molecule has 0 aliphatic rings. The van der Waals surface area contributed by atoms with Crippen LogP contribution in [-0.4, -0.2) is 20.7 Å². The minimum atomic E-state index is -0.451. The van der Waals surface area contributed by atoms with Gasteiger partial charge in [-0.2, -0.15) is 5.10 Å². The van der Waals surface area contributed by atoms with Crippen LogP contribution in [0.3, 0.4) is 0 Å². The van der Waals surface area contributed by atoms with Crippen LogP contribution in [-0.2, 0) is 17.9 Å². The number of nitrogens with zero attached hydrogens (tertiary/aromatic N) is 3. The molecule has 0 bridgehead atoms. The van der Waals surface area contributed by atoms with Crippen LogP contribution in [0.2, 0.25) is 0 Å². The van der Waals surface area contributed by atoms with Gasteiger partial charge in [-0.1, -0.05) is 36.4 Å². The predicted molar refractivity (Wildman–Crippen MR) is 108 cm³/mol. The van der Waals surface area contributed by atoms with Gasteiger partial charge < -0.3 is 4.74 Å². The third-order valence-electron chi connectivity index (χ3n) is 4.92. The first-order valence-corrected chi connectivity index (χ1v) is 9.31. The number of fused-ring (bicyclic) bond motifs is 1. The highest BCUT2D eigenvalue weighted by Gasteiger charge is 2.20. The molecule has 0 radical (unpaired) electrons. The van der Waals surface area contributed by atoms with Crippen LogP contribution in [0.1, 0.15) is 32.9 Å². The number of ether oxygens (including phenoxy) is 1. The highest BCUT2D eigenvalue weighted by molar-refractivity contribution is 5.92. The average Bonchev–Trinajstić information content (AvgIpc) is 3.01. The molecule has 0 N–H and O–H groups in total. The summed E-state index contributed by atoms with van der Waals surface area (Å²) in [4.78, 5) is 17.0. The number of rotatable bonds is 5. The van der Waals surface area contributed by atoms with E-state index < -0.39 is 5.97 Å². The lowest BCUT2D eigenvalue weighted by atomic mass is 10.1. The van der Waals surface area contributed by atoms with Gasteiger partial charge in [0.15, 0.2) is 0 Å². The summed E-state index contributed by atoms with van der Waals surface area (Å²) >= 11 is 0. The van der Waals surface area contributed by atoms with Crippen molar-refractivity contribution in [2.24, 2.45) is 0 Å². The Labute approximate surface area is 167 Å². The fourth-order valence-corrected chi connectivity index (χ4v) is 3.43. The molecule has 6 heteroatoms. The summed E-state index contributed by atoms with van der Waals surface area (Å²) in [5.41, 5.74) is 4.07. The van der Waals surface area contributed by atoms with Gasteiger partial charge >= 0.3 is 5.97 Å². The number of esters is 1. The molecule has 2 heterocycles. The van der Waals surface area contributed by atoms with E-state index in [0.717, 1.165) is 11.3 Å². The molecule has 4 aromatic rings. The number of carbonyl (C=O) groups excluding carboxylic acids is 1.